The van der Waals surface area contributed by atoms with Gasteiger partial charge in [0.1, 0.15) is 0 Å². The summed E-state index contributed by atoms with van der Waals surface area (Å²) in [5, 5.41) is 0. The Morgan fingerprint density at radius 1 is 0.846 bits per heavy atom. The fraction of sp³-hybridized carbons (Fsp3) is 0.769. The van der Waals surface area contributed by atoms with Crippen molar-refractivity contribution in [3.05, 3.63) is 19.1 Å². The standard InChI is InChI=1S/C13H25/c1-4-5-6-7-8-9-10-11-12-13(2)3/h1-2,4-12H2,3H3. The van der Waals surface area contributed by atoms with Gasteiger partial charge in [-0.25, -0.2) is 0 Å². The smallest absolute Gasteiger partial charge is 0.0326 e. The van der Waals surface area contributed by atoms with E-state index in [2.05, 4.69) is 20.4 Å². The Kier molecular flexibility index (Phi) is 9.63. The zero-order valence-electron chi connectivity index (χ0n) is 9.28. The van der Waals surface area contributed by atoms with Gasteiger partial charge in [0.2, 0.25) is 0 Å². The molecule has 0 unspecified atom stereocenters. The van der Waals surface area contributed by atoms with Gasteiger partial charge < -0.3 is 0 Å². The maximum Gasteiger partial charge on any atom is -0.0326 e. The maximum absolute atomic E-state index is 3.91. The van der Waals surface area contributed by atoms with Crippen LogP contribution in [0.3, 0.4) is 0 Å². The molecule has 0 fully saturated rings. The van der Waals surface area contributed by atoms with E-state index in [1.54, 1.807) is 0 Å². The van der Waals surface area contributed by atoms with Crippen LogP contribution in [-0.4, -0.2) is 0 Å². The third-order valence-corrected chi connectivity index (χ3v) is 2.35. The van der Waals surface area contributed by atoms with Gasteiger partial charge >= 0.3 is 0 Å². The lowest BCUT2D eigenvalue weighted by atomic mass is 10.1. The molecule has 0 rings (SSSR count). The Morgan fingerprint density at radius 2 is 1.31 bits per heavy atom. The zero-order chi connectivity index (χ0) is 9.94. The van der Waals surface area contributed by atoms with Gasteiger partial charge in [-0.05, 0) is 19.8 Å². The van der Waals surface area contributed by atoms with Crippen LogP contribution < -0.4 is 0 Å². The molecule has 0 nitrogen and oxygen atoms in total. The summed E-state index contributed by atoms with van der Waals surface area (Å²) in [5.41, 5.74) is 1.33. The van der Waals surface area contributed by atoms with Crippen molar-refractivity contribution in [1.82, 2.24) is 0 Å². The van der Waals surface area contributed by atoms with Crippen molar-refractivity contribution in [3.63, 3.8) is 0 Å². The molecule has 0 amide bonds. The molecule has 13 heavy (non-hydrogen) atoms. The van der Waals surface area contributed by atoms with E-state index in [4.69, 9.17) is 0 Å². The molecule has 0 bridgehead atoms. The molecule has 0 saturated carbocycles. The SMILES string of the molecule is [CH2]CCCCCCCCCC(=C)C. The molecule has 0 aromatic rings. The van der Waals surface area contributed by atoms with E-state index in [-0.39, 0.29) is 0 Å². The summed E-state index contributed by atoms with van der Waals surface area (Å²) in [6.45, 7) is 9.87. The first-order valence-corrected chi connectivity index (χ1v) is 5.71. The molecule has 0 N–H and O–H groups in total. The molecule has 1 radical (unpaired) electrons. The average molecular weight is 181 g/mol. The van der Waals surface area contributed by atoms with E-state index in [1.807, 2.05) is 0 Å². The van der Waals surface area contributed by atoms with Crippen LogP contribution in [0, 0.1) is 6.92 Å². The molecule has 0 aliphatic carbocycles. The summed E-state index contributed by atoms with van der Waals surface area (Å²) < 4.78 is 0. The molecule has 0 aliphatic rings. The largest absolute Gasteiger partial charge is 0.100 e. The van der Waals surface area contributed by atoms with Crippen molar-refractivity contribution in [2.75, 3.05) is 0 Å². The Labute approximate surface area is 84.4 Å². The highest BCUT2D eigenvalue weighted by molar-refractivity contribution is 4.86. The van der Waals surface area contributed by atoms with Gasteiger partial charge in [-0.15, -0.1) is 6.58 Å². The molecule has 0 heteroatoms. The van der Waals surface area contributed by atoms with Crippen LogP contribution in [0.25, 0.3) is 0 Å². The maximum atomic E-state index is 3.91. The van der Waals surface area contributed by atoms with Crippen LogP contribution in [0.5, 0.6) is 0 Å². The quantitative estimate of drug-likeness (QED) is 0.350. The van der Waals surface area contributed by atoms with Crippen LogP contribution in [0.4, 0.5) is 0 Å². The molecule has 0 spiro atoms. The predicted molar refractivity (Wildman–Crippen MR) is 61.7 cm³/mol. The number of hydrogen-bond donors (Lipinski definition) is 0. The molecule has 0 heterocycles. The number of unbranched alkanes of at least 4 members (excludes halogenated alkanes) is 7. The van der Waals surface area contributed by atoms with Crippen molar-refractivity contribution in [3.8, 4) is 0 Å². The van der Waals surface area contributed by atoms with Crippen LogP contribution in [0.2, 0.25) is 0 Å². The first-order chi connectivity index (χ1) is 6.27. The molecule has 0 aromatic carbocycles. The lowest BCUT2D eigenvalue weighted by Crippen LogP contribution is -1.81. The van der Waals surface area contributed by atoms with Crippen LogP contribution in [-0.2, 0) is 0 Å². The fourth-order valence-corrected chi connectivity index (χ4v) is 1.49. The highest BCUT2D eigenvalue weighted by Gasteiger charge is 1.91. The van der Waals surface area contributed by atoms with E-state index in [0.717, 1.165) is 6.42 Å². The lowest BCUT2D eigenvalue weighted by molar-refractivity contribution is 0.580. The van der Waals surface area contributed by atoms with Gasteiger partial charge in [0.15, 0.2) is 0 Å². The van der Waals surface area contributed by atoms with Crippen molar-refractivity contribution in [2.24, 2.45) is 0 Å². The highest BCUT2D eigenvalue weighted by Crippen LogP contribution is 2.11. The molecule has 0 aromatic heterocycles. The van der Waals surface area contributed by atoms with Crippen LogP contribution in [0.1, 0.15) is 64.7 Å². The van der Waals surface area contributed by atoms with Crippen molar-refractivity contribution in [2.45, 2.75) is 64.7 Å². The van der Waals surface area contributed by atoms with Gasteiger partial charge in [0, 0.05) is 0 Å². The van der Waals surface area contributed by atoms with Gasteiger partial charge in [-0.1, -0.05) is 57.4 Å². The minimum absolute atomic E-state index is 1.11. The summed E-state index contributed by atoms with van der Waals surface area (Å²) in [4.78, 5) is 0. The normalized spacial score (nSPS) is 10.3. The first-order valence-electron chi connectivity index (χ1n) is 5.71. The van der Waals surface area contributed by atoms with Crippen molar-refractivity contribution >= 4 is 0 Å². The molecular formula is C13H25. The summed E-state index contributed by atoms with van der Waals surface area (Å²) >= 11 is 0. The first kappa shape index (κ1) is 12.7. The summed E-state index contributed by atoms with van der Waals surface area (Å²) in [7, 11) is 0. The van der Waals surface area contributed by atoms with Crippen LogP contribution >= 0.6 is 0 Å². The average Bonchev–Trinajstić information content (AvgIpc) is 2.09. The monoisotopic (exact) mass is 181 g/mol. The highest BCUT2D eigenvalue weighted by atomic mass is 14.0. The lowest BCUT2D eigenvalue weighted by Gasteiger charge is -2.01. The van der Waals surface area contributed by atoms with Gasteiger partial charge in [-0.2, -0.15) is 0 Å². The third-order valence-electron chi connectivity index (χ3n) is 2.35. The minimum atomic E-state index is 1.11. The predicted octanol–water partition coefficient (Wildman–Crippen LogP) is 4.91. The van der Waals surface area contributed by atoms with Crippen LogP contribution in [0.15, 0.2) is 12.2 Å². The number of hydrogen-bond acceptors (Lipinski definition) is 0. The molecule has 0 aliphatic heterocycles. The summed E-state index contributed by atoms with van der Waals surface area (Å²) in [6, 6.07) is 0. The summed E-state index contributed by atoms with van der Waals surface area (Å²) in [6.07, 6.45) is 12.0. The molecule has 0 atom stereocenters. The zero-order valence-corrected chi connectivity index (χ0v) is 9.28. The second-order valence-electron chi connectivity index (χ2n) is 4.04. The fourth-order valence-electron chi connectivity index (χ4n) is 1.49. The minimum Gasteiger partial charge on any atom is -0.100 e. The van der Waals surface area contributed by atoms with Crippen molar-refractivity contribution < 1.29 is 0 Å². The van der Waals surface area contributed by atoms with E-state index in [0.29, 0.717) is 0 Å². The Morgan fingerprint density at radius 3 is 1.77 bits per heavy atom. The second-order valence-corrected chi connectivity index (χ2v) is 4.04. The topological polar surface area (TPSA) is 0 Å². The number of rotatable bonds is 9. The van der Waals surface area contributed by atoms with Gasteiger partial charge in [0.05, 0.1) is 0 Å². The number of allylic oxidation sites excluding steroid dienone is 1. The molecular weight excluding hydrogens is 156 g/mol. The van der Waals surface area contributed by atoms with Crippen molar-refractivity contribution in [1.29, 1.82) is 0 Å². The Balaban J connectivity index is 2.87. The third kappa shape index (κ3) is 11.7. The van der Waals surface area contributed by atoms with Gasteiger partial charge in [-0.3, -0.25) is 0 Å². The van der Waals surface area contributed by atoms with E-state index in [9.17, 15) is 0 Å². The Bertz CT molecular complexity index is 113. The second kappa shape index (κ2) is 9.83. The molecule has 77 valence electrons. The Hall–Kier alpha value is -0.260. The van der Waals surface area contributed by atoms with Gasteiger partial charge in [0.25, 0.3) is 0 Å². The summed E-state index contributed by atoms with van der Waals surface area (Å²) in [5.74, 6) is 0. The molecule has 0 saturated heterocycles. The van der Waals surface area contributed by atoms with E-state index < -0.39 is 0 Å². The van der Waals surface area contributed by atoms with E-state index >= 15 is 0 Å². The van der Waals surface area contributed by atoms with E-state index in [1.165, 1.54) is 56.9 Å².